The van der Waals surface area contributed by atoms with Gasteiger partial charge in [-0.05, 0) is 51.2 Å². The minimum Gasteiger partial charge on any atom is -0.366 e. The van der Waals surface area contributed by atoms with Crippen molar-refractivity contribution in [3.8, 4) is 11.3 Å². The number of nitrogens with two attached hydrogens (primary N) is 1. The molecule has 1 fully saturated rings. The lowest BCUT2D eigenvalue weighted by Crippen LogP contribution is -2.52. The topological polar surface area (TPSA) is 123 Å². The van der Waals surface area contributed by atoms with Crippen LogP contribution < -0.4 is 16.2 Å². The van der Waals surface area contributed by atoms with Gasteiger partial charge in [-0.25, -0.2) is 10.4 Å². The zero-order valence-electron chi connectivity index (χ0n) is 18.9. The van der Waals surface area contributed by atoms with E-state index in [0.29, 0.717) is 28.0 Å². The predicted octanol–water partition coefficient (Wildman–Crippen LogP) is 2.90. The molecule has 0 unspecified atom stereocenters. The van der Waals surface area contributed by atoms with E-state index in [1.807, 2.05) is 24.3 Å². The smallest absolute Gasteiger partial charge is 0.272 e. The molecule has 2 aromatic carbocycles. The van der Waals surface area contributed by atoms with Crippen molar-refractivity contribution in [3.05, 3.63) is 72.1 Å². The van der Waals surface area contributed by atoms with Crippen LogP contribution >= 0.6 is 0 Å². The zero-order valence-corrected chi connectivity index (χ0v) is 18.9. The second-order valence-corrected chi connectivity index (χ2v) is 8.63. The van der Waals surface area contributed by atoms with Crippen molar-refractivity contribution in [1.29, 1.82) is 0 Å². The molecule has 5 N–H and O–H groups in total. The number of hydrogen-bond donors (Lipinski definition) is 4. The van der Waals surface area contributed by atoms with Gasteiger partial charge in [0.25, 0.3) is 11.8 Å². The van der Waals surface area contributed by atoms with E-state index in [1.54, 1.807) is 41.7 Å². The molecule has 0 bridgehead atoms. The Morgan fingerprint density at radius 2 is 1.85 bits per heavy atom. The highest BCUT2D eigenvalue weighted by molar-refractivity contribution is 6.11. The summed E-state index contributed by atoms with van der Waals surface area (Å²) in [4.78, 5) is 31.0. The van der Waals surface area contributed by atoms with Crippen molar-refractivity contribution in [3.63, 3.8) is 0 Å². The monoisotopic (exact) mass is 457 g/mol. The molecule has 9 heteroatoms. The highest BCUT2D eigenvalue weighted by Gasteiger charge is 2.28. The molecule has 4 aromatic rings. The summed E-state index contributed by atoms with van der Waals surface area (Å²) in [5.74, 6) is -0.675. The highest BCUT2D eigenvalue weighted by atomic mass is 16.2. The zero-order chi connectivity index (χ0) is 23.7. The molecular weight excluding hydrogens is 430 g/mol. The van der Waals surface area contributed by atoms with Crippen LogP contribution in [0.3, 0.4) is 0 Å². The van der Waals surface area contributed by atoms with Gasteiger partial charge in [0.05, 0.1) is 11.1 Å². The van der Waals surface area contributed by atoms with Crippen LogP contribution in [-0.4, -0.2) is 58.1 Å². The molecule has 2 aromatic heterocycles. The third-order valence-electron chi connectivity index (χ3n) is 6.35. The summed E-state index contributed by atoms with van der Waals surface area (Å²) >= 11 is 0. The molecule has 9 nitrogen and oxygen atoms in total. The number of carbonyl (C=O) groups excluding carboxylic acids is 2. The summed E-state index contributed by atoms with van der Waals surface area (Å²) in [5.41, 5.74) is 12.6. The summed E-state index contributed by atoms with van der Waals surface area (Å²) in [6.45, 7) is 1.92. The Bertz CT molecular complexity index is 1320. The predicted molar refractivity (Wildman–Crippen MR) is 131 cm³/mol. The number of anilines is 1. The average Bonchev–Trinajstić information content (AvgIpc) is 3.50. The number of benzene rings is 2. The molecule has 34 heavy (non-hydrogen) atoms. The molecule has 1 aliphatic heterocycles. The van der Waals surface area contributed by atoms with Gasteiger partial charge in [-0.15, -0.1) is 0 Å². The molecule has 1 saturated heterocycles. The Morgan fingerprint density at radius 1 is 1.09 bits per heavy atom. The molecular formula is C25H27N7O2. The van der Waals surface area contributed by atoms with Gasteiger partial charge in [0.1, 0.15) is 11.4 Å². The number of piperidine rings is 1. The number of nitrogens with zero attached hydrogens (tertiary/aromatic N) is 3. The van der Waals surface area contributed by atoms with Gasteiger partial charge in [0.15, 0.2) is 0 Å². The van der Waals surface area contributed by atoms with Crippen molar-refractivity contribution >= 4 is 28.4 Å². The lowest BCUT2D eigenvalue weighted by atomic mass is 10.1. The fourth-order valence-electron chi connectivity index (χ4n) is 4.48. The fourth-order valence-corrected chi connectivity index (χ4v) is 4.48. The largest absolute Gasteiger partial charge is 0.366 e. The molecule has 0 atom stereocenters. The maximum Gasteiger partial charge on any atom is 0.272 e. The van der Waals surface area contributed by atoms with E-state index in [9.17, 15) is 9.59 Å². The second kappa shape index (κ2) is 9.12. The summed E-state index contributed by atoms with van der Waals surface area (Å²) < 4.78 is 0. The van der Waals surface area contributed by atoms with Gasteiger partial charge < -0.3 is 15.6 Å². The van der Waals surface area contributed by atoms with Gasteiger partial charge in [-0.2, -0.15) is 5.10 Å². The van der Waals surface area contributed by atoms with Crippen LogP contribution in [-0.2, 0) is 0 Å². The number of rotatable bonds is 6. The van der Waals surface area contributed by atoms with Crippen molar-refractivity contribution in [2.45, 2.75) is 18.9 Å². The van der Waals surface area contributed by atoms with Crippen molar-refractivity contribution < 1.29 is 9.59 Å². The molecule has 0 spiro atoms. The van der Waals surface area contributed by atoms with Crippen molar-refractivity contribution in [2.75, 3.05) is 25.1 Å². The van der Waals surface area contributed by atoms with Gasteiger partial charge in [-0.1, -0.05) is 30.3 Å². The minimum absolute atomic E-state index is 0.149. The first-order valence-corrected chi connectivity index (χ1v) is 11.3. The number of aromatic amines is 2. The van der Waals surface area contributed by atoms with Crippen LogP contribution in [0.5, 0.6) is 0 Å². The minimum atomic E-state index is -0.508. The number of para-hydroxylation sites is 1. The number of primary amides is 1. The normalized spacial score (nSPS) is 15.0. The van der Waals surface area contributed by atoms with Crippen LogP contribution in [0.15, 0.2) is 60.9 Å². The number of aromatic nitrogens is 3. The summed E-state index contributed by atoms with van der Waals surface area (Å²) in [6.07, 6.45) is 5.36. The number of nitrogens with one attached hydrogen (secondary N) is 3. The van der Waals surface area contributed by atoms with E-state index in [4.69, 9.17) is 5.73 Å². The summed E-state index contributed by atoms with van der Waals surface area (Å²) in [5, 5.41) is 9.80. The maximum atomic E-state index is 13.7. The Morgan fingerprint density at radius 3 is 2.59 bits per heavy atom. The molecule has 3 heterocycles. The van der Waals surface area contributed by atoms with Gasteiger partial charge in [0, 0.05) is 34.9 Å². The van der Waals surface area contributed by atoms with E-state index in [2.05, 4.69) is 32.6 Å². The number of hydrogen-bond acceptors (Lipinski definition) is 5. The standard InChI is InChI=1S/C25H27N7O2/c1-31-12-10-17(11-13-31)30-32(25(34)16-6-3-2-4-7-16)21-15-28-29-23(21)20-14-27-22-18(20)8-5-9-19(22)24(26)33/h2-9,14-15,17,27,30H,10-13H2,1H3,(H2,26,33)(H,28,29). The Hall–Kier alpha value is -3.95. The number of carbonyl (C=O) groups is 2. The number of hydrazine groups is 1. The van der Waals surface area contributed by atoms with Crippen molar-refractivity contribution in [1.82, 2.24) is 25.5 Å². The molecule has 2 amide bonds. The van der Waals surface area contributed by atoms with E-state index in [-0.39, 0.29) is 11.9 Å². The van der Waals surface area contributed by atoms with E-state index in [1.165, 1.54) is 0 Å². The number of likely N-dealkylation sites (tertiary alicyclic amines) is 1. The van der Waals surface area contributed by atoms with Gasteiger partial charge in [0.2, 0.25) is 0 Å². The van der Waals surface area contributed by atoms with E-state index < -0.39 is 5.91 Å². The third-order valence-corrected chi connectivity index (χ3v) is 6.35. The van der Waals surface area contributed by atoms with Crippen molar-refractivity contribution in [2.24, 2.45) is 5.73 Å². The number of fused-ring (bicyclic) bond motifs is 1. The van der Waals surface area contributed by atoms with Crippen LogP contribution in [0.2, 0.25) is 0 Å². The Labute approximate surface area is 196 Å². The van der Waals surface area contributed by atoms with E-state index in [0.717, 1.165) is 36.9 Å². The molecule has 5 rings (SSSR count). The van der Waals surface area contributed by atoms with Gasteiger partial charge >= 0.3 is 0 Å². The average molecular weight is 458 g/mol. The molecule has 1 aliphatic rings. The van der Waals surface area contributed by atoms with Gasteiger partial charge in [-0.3, -0.25) is 14.7 Å². The lowest BCUT2D eigenvalue weighted by Gasteiger charge is -2.34. The van der Waals surface area contributed by atoms with Crippen LogP contribution in [0.25, 0.3) is 22.2 Å². The second-order valence-electron chi connectivity index (χ2n) is 8.63. The van der Waals surface area contributed by atoms with E-state index >= 15 is 0 Å². The maximum absolute atomic E-state index is 13.7. The lowest BCUT2D eigenvalue weighted by molar-refractivity contribution is 0.0960. The van der Waals surface area contributed by atoms with Crippen LogP contribution in [0, 0.1) is 0 Å². The molecule has 0 aliphatic carbocycles. The Kier molecular flexibility index (Phi) is 5.87. The summed E-state index contributed by atoms with van der Waals surface area (Å²) in [6, 6.07) is 14.7. The molecule has 0 radical (unpaired) electrons. The number of amides is 2. The van der Waals surface area contributed by atoms with Crippen LogP contribution in [0.4, 0.5) is 5.69 Å². The molecule has 0 saturated carbocycles. The SMILES string of the molecule is CN1CCC(NN(C(=O)c2ccccc2)c2c[nH]nc2-c2c[nH]c3c(C(N)=O)cccc23)CC1. The third kappa shape index (κ3) is 4.07. The van der Waals surface area contributed by atoms with Crippen LogP contribution in [0.1, 0.15) is 33.6 Å². The Balaban J connectivity index is 1.57. The fraction of sp³-hybridized carbons (Fsp3) is 0.240. The first kappa shape index (κ1) is 21.9. The first-order valence-electron chi connectivity index (χ1n) is 11.3. The highest BCUT2D eigenvalue weighted by Crippen LogP contribution is 2.35. The quantitative estimate of drug-likeness (QED) is 0.332. The summed E-state index contributed by atoms with van der Waals surface area (Å²) in [7, 11) is 2.11. The number of H-pyrrole nitrogens is 2. The first-order chi connectivity index (χ1) is 16.5. The molecule has 174 valence electrons.